The van der Waals surface area contributed by atoms with Crippen molar-refractivity contribution in [2.75, 3.05) is 13.7 Å². The van der Waals surface area contributed by atoms with Gasteiger partial charge in [-0.05, 0) is 13.8 Å². The molecule has 4 heteroatoms. The minimum atomic E-state index is -0.307. The number of hydrogen-bond donors (Lipinski definition) is 0. The van der Waals surface area contributed by atoms with E-state index in [1.54, 1.807) is 14.0 Å². The molecule has 0 unspecified atom stereocenters. The molecule has 1 rings (SSSR count). The van der Waals surface area contributed by atoms with Crippen molar-refractivity contribution in [1.29, 1.82) is 0 Å². The monoisotopic (exact) mass is 200 g/mol. The standard InChI is InChI=1S/C9H12O3S/c1-4-12-9(10)8-6(2)13-5-7(8)11-3/h5H,4H2,1-3H3. The Morgan fingerprint density at radius 2 is 2.31 bits per heavy atom. The Hall–Kier alpha value is -1.03. The Kier molecular flexibility index (Phi) is 3.31. The molecule has 0 radical (unpaired) electrons. The zero-order chi connectivity index (χ0) is 9.84. The quantitative estimate of drug-likeness (QED) is 0.702. The van der Waals surface area contributed by atoms with Gasteiger partial charge in [-0.25, -0.2) is 4.79 Å². The van der Waals surface area contributed by atoms with Gasteiger partial charge in [0.2, 0.25) is 0 Å². The fourth-order valence-corrected chi connectivity index (χ4v) is 1.83. The van der Waals surface area contributed by atoms with Crippen molar-refractivity contribution in [3.8, 4) is 5.75 Å². The molecule has 0 saturated heterocycles. The summed E-state index contributed by atoms with van der Waals surface area (Å²) >= 11 is 1.48. The van der Waals surface area contributed by atoms with E-state index in [-0.39, 0.29) is 5.97 Å². The van der Waals surface area contributed by atoms with Crippen LogP contribution in [0.25, 0.3) is 0 Å². The van der Waals surface area contributed by atoms with Gasteiger partial charge in [-0.2, -0.15) is 0 Å². The van der Waals surface area contributed by atoms with E-state index in [0.29, 0.717) is 17.9 Å². The largest absolute Gasteiger partial charge is 0.495 e. The summed E-state index contributed by atoms with van der Waals surface area (Å²) in [6.45, 7) is 4.04. The Morgan fingerprint density at radius 3 is 2.85 bits per heavy atom. The van der Waals surface area contributed by atoms with E-state index in [0.717, 1.165) is 4.88 Å². The topological polar surface area (TPSA) is 35.5 Å². The second-order valence-corrected chi connectivity index (χ2v) is 3.54. The lowest BCUT2D eigenvalue weighted by Crippen LogP contribution is -2.06. The first-order valence-electron chi connectivity index (χ1n) is 3.99. The fraction of sp³-hybridized carbons (Fsp3) is 0.444. The Bertz CT molecular complexity index is 304. The number of hydrogen-bond acceptors (Lipinski definition) is 4. The van der Waals surface area contributed by atoms with Gasteiger partial charge >= 0.3 is 5.97 Å². The summed E-state index contributed by atoms with van der Waals surface area (Å²) in [6, 6.07) is 0. The molecule has 0 fully saturated rings. The summed E-state index contributed by atoms with van der Waals surface area (Å²) in [7, 11) is 1.55. The molecule has 72 valence electrons. The highest BCUT2D eigenvalue weighted by Gasteiger charge is 2.17. The molecule has 0 bridgehead atoms. The summed E-state index contributed by atoms with van der Waals surface area (Å²) in [5.41, 5.74) is 0.550. The van der Waals surface area contributed by atoms with E-state index in [9.17, 15) is 4.79 Å². The molecule has 1 heterocycles. The number of ether oxygens (including phenoxy) is 2. The number of rotatable bonds is 3. The van der Waals surface area contributed by atoms with Crippen LogP contribution in [0.15, 0.2) is 5.38 Å². The smallest absolute Gasteiger partial charge is 0.343 e. The molecule has 0 aliphatic rings. The maximum Gasteiger partial charge on any atom is 0.343 e. The summed E-state index contributed by atoms with van der Waals surface area (Å²) in [5.74, 6) is 0.291. The summed E-state index contributed by atoms with van der Waals surface area (Å²) in [4.78, 5) is 12.3. The van der Waals surface area contributed by atoms with Crippen LogP contribution in [0, 0.1) is 6.92 Å². The van der Waals surface area contributed by atoms with Gasteiger partial charge in [-0.1, -0.05) is 0 Å². The lowest BCUT2D eigenvalue weighted by atomic mass is 10.2. The third-order valence-electron chi connectivity index (χ3n) is 1.64. The molecule has 0 atom stereocenters. The molecular weight excluding hydrogens is 188 g/mol. The first-order chi connectivity index (χ1) is 6.20. The first-order valence-corrected chi connectivity index (χ1v) is 4.87. The first kappa shape index (κ1) is 10.1. The van der Waals surface area contributed by atoms with Gasteiger partial charge in [0.1, 0.15) is 11.3 Å². The van der Waals surface area contributed by atoms with Crippen LogP contribution in [-0.2, 0) is 4.74 Å². The van der Waals surface area contributed by atoms with Crippen LogP contribution in [0.2, 0.25) is 0 Å². The van der Waals surface area contributed by atoms with Crippen molar-refractivity contribution < 1.29 is 14.3 Å². The summed E-state index contributed by atoms with van der Waals surface area (Å²) < 4.78 is 9.94. The maximum atomic E-state index is 11.4. The molecule has 0 aromatic carbocycles. The van der Waals surface area contributed by atoms with E-state index in [1.807, 2.05) is 12.3 Å². The summed E-state index contributed by atoms with van der Waals surface area (Å²) in [5, 5.41) is 1.81. The molecule has 3 nitrogen and oxygen atoms in total. The lowest BCUT2D eigenvalue weighted by Gasteiger charge is -2.03. The van der Waals surface area contributed by atoms with E-state index in [1.165, 1.54) is 11.3 Å². The molecule has 0 N–H and O–H groups in total. The van der Waals surface area contributed by atoms with Gasteiger partial charge in [0.15, 0.2) is 0 Å². The maximum absolute atomic E-state index is 11.4. The van der Waals surface area contributed by atoms with Crippen molar-refractivity contribution in [2.45, 2.75) is 13.8 Å². The Morgan fingerprint density at radius 1 is 1.62 bits per heavy atom. The molecule has 0 aliphatic carbocycles. The van der Waals surface area contributed by atoms with Crippen LogP contribution in [0.3, 0.4) is 0 Å². The van der Waals surface area contributed by atoms with Gasteiger partial charge < -0.3 is 9.47 Å². The molecule has 1 aromatic rings. The molecule has 13 heavy (non-hydrogen) atoms. The van der Waals surface area contributed by atoms with Crippen LogP contribution in [0.5, 0.6) is 5.75 Å². The normalized spacial score (nSPS) is 9.77. The van der Waals surface area contributed by atoms with E-state index >= 15 is 0 Å². The number of aryl methyl sites for hydroxylation is 1. The van der Waals surface area contributed by atoms with Crippen molar-refractivity contribution >= 4 is 17.3 Å². The highest BCUT2D eigenvalue weighted by molar-refractivity contribution is 7.10. The lowest BCUT2D eigenvalue weighted by molar-refractivity contribution is 0.0523. The number of carbonyl (C=O) groups is 1. The van der Waals surface area contributed by atoms with Crippen LogP contribution in [0.1, 0.15) is 22.2 Å². The zero-order valence-corrected chi connectivity index (χ0v) is 8.73. The van der Waals surface area contributed by atoms with Crippen molar-refractivity contribution in [3.05, 3.63) is 15.8 Å². The average Bonchev–Trinajstić information content (AvgIpc) is 2.47. The highest BCUT2D eigenvalue weighted by atomic mass is 32.1. The zero-order valence-electron chi connectivity index (χ0n) is 7.92. The average molecular weight is 200 g/mol. The predicted octanol–water partition coefficient (Wildman–Crippen LogP) is 2.24. The van der Waals surface area contributed by atoms with Gasteiger partial charge in [0, 0.05) is 10.3 Å². The van der Waals surface area contributed by atoms with Crippen molar-refractivity contribution in [1.82, 2.24) is 0 Å². The van der Waals surface area contributed by atoms with Crippen LogP contribution in [0.4, 0.5) is 0 Å². The van der Waals surface area contributed by atoms with E-state index in [2.05, 4.69) is 0 Å². The molecule has 1 aromatic heterocycles. The third-order valence-corrected chi connectivity index (χ3v) is 2.53. The second kappa shape index (κ2) is 4.28. The number of thiophene rings is 1. The Balaban J connectivity index is 2.96. The SMILES string of the molecule is CCOC(=O)c1c(OC)csc1C. The van der Waals surface area contributed by atoms with E-state index in [4.69, 9.17) is 9.47 Å². The van der Waals surface area contributed by atoms with Crippen molar-refractivity contribution in [3.63, 3.8) is 0 Å². The highest BCUT2D eigenvalue weighted by Crippen LogP contribution is 2.28. The van der Waals surface area contributed by atoms with Gasteiger partial charge in [-0.15, -0.1) is 11.3 Å². The fourth-order valence-electron chi connectivity index (χ4n) is 1.03. The van der Waals surface area contributed by atoms with Crippen LogP contribution >= 0.6 is 11.3 Å². The number of methoxy groups -OCH3 is 1. The summed E-state index contributed by atoms with van der Waals surface area (Å²) in [6.07, 6.45) is 0. The van der Waals surface area contributed by atoms with Gasteiger partial charge in [0.05, 0.1) is 13.7 Å². The van der Waals surface area contributed by atoms with Gasteiger partial charge in [-0.3, -0.25) is 0 Å². The third kappa shape index (κ3) is 2.01. The van der Waals surface area contributed by atoms with Crippen LogP contribution < -0.4 is 4.74 Å². The number of esters is 1. The molecular formula is C9H12O3S. The minimum absolute atomic E-state index is 0.307. The minimum Gasteiger partial charge on any atom is -0.495 e. The molecule has 0 aliphatic heterocycles. The predicted molar refractivity (Wildman–Crippen MR) is 51.6 cm³/mol. The Labute approximate surface area is 81.3 Å². The second-order valence-electron chi connectivity index (χ2n) is 2.46. The van der Waals surface area contributed by atoms with Crippen molar-refractivity contribution in [2.24, 2.45) is 0 Å². The molecule has 0 amide bonds. The van der Waals surface area contributed by atoms with Gasteiger partial charge in [0.25, 0.3) is 0 Å². The molecule has 0 spiro atoms. The van der Waals surface area contributed by atoms with E-state index < -0.39 is 0 Å². The van der Waals surface area contributed by atoms with Crippen LogP contribution in [-0.4, -0.2) is 19.7 Å². The number of carbonyl (C=O) groups excluding carboxylic acids is 1. The molecule has 0 saturated carbocycles.